The van der Waals surface area contributed by atoms with Crippen LogP contribution in [0, 0.1) is 0 Å². The highest BCUT2D eigenvalue weighted by molar-refractivity contribution is 5.28. The summed E-state index contributed by atoms with van der Waals surface area (Å²) in [6.07, 6.45) is -3.66. The first kappa shape index (κ1) is 18.8. The van der Waals surface area contributed by atoms with Crippen molar-refractivity contribution in [3.63, 3.8) is 0 Å². The minimum Gasteiger partial charge on any atom is -0.474 e. The Hall–Kier alpha value is -1.51. The van der Waals surface area contributed by atoms with Crippen molar-refractivity contribution in [2.75, 3.05) is 33.0 Å². The molecule has 1 fully saturated rings. The molecule has 0 N–H and O–H groups in total. The van der Waals surface area contributed by atoms with E-state index in [-0.39, 0.29) is 25.9 Å². The molecule has 136 valence electrons. The normalized spacial score (nSPS) is 18.8. The molecule has 2 heterocycles. The number of hydrogen-bond donors (Lipinski definition) is 0. The van der Waals surface area contributed by atoms with Gasteiger partial charge in [0.25, 0.3) is 0 Å². The van der Waals surface area contributed by atoms with Gasteiger partial charge in [-0.05, 0) is 25.0 Å². The van der Waals surface area contributed by atoms with Gasteiger partial charge in [-0.25, -0.2) is 18.2 Å². The third kappa shape index (κ3) is 4.52. The molecule has 1 saturated heterocycles. The van der Waals surface area contributed by atoms with Crippen molar-refractivity contribution in [1.29, 1.82) is 0 Å². The molecule has 0 radical (unpaired) electrons. The number of alkyl halides is 6. The molecule has 1 aliphatic heterocycles. The highest BCUT2D eigenvalue weighted by Gasteiger charge is 2.39. The molecule has 0 atom stereocenters. The number of piperidine rings is 1. The average Bonchev–Trinajstić information content (AvgIpc) is 2.55. The van der Waals surface area contributed by atoms with Crippen molar-refractivity contribution in [2.45, 2.75) is 30.7 Å². The van der Waals surface area contributed by atoms with Crippen molar-refractivity contribution in [2.24, 2.45) is 0 Å². The number of aromatic nitrogens is 1. The Bertz CT molecular complexity index is 527. The van der Waals surface area contributed by atoms with E-state index in [0.29, 0.717) is 0 Å². The smallest absolute Gasteiger partial charge is 0.421 e. The zero-order valence-electron chi connectivity index (χ0n) is 12.8. The van der Waals surface area contributed by atoms with Crippen molar-refractivity contribution in [3.05, 3.63) is 23.9 Å². The van der Waals surface area contributed by atoms with Gasteiger partial charge in [0.15, 0.2) is 0 Å². The van der Waals surface area contributed by atoms with E-state index in [1.165, 1.54) is 4.90 Å². The van der Waals surface area contributed by atoms with E-state index in [2.05, 4.69) is 4.98 Å². The molecule has 1 aromatic rings. The Morgan fingerprint density at radius 1 is 1.21 bits per heavy atom. The van der Waals surface area contributed by atoms with E-state index < -0.39 is 49.3 Å². The number of rotatable bonds is 6. The highest BCUT2D eigenvalue weighted by atomic mass is 19.4. The predicted molar refractivity (Wildman–Crippen MR) is 75.1 cm³/mol. The lowest BCUT2D eigenvalue weighted by atomic mass is 9.93. The summed E-state index contributed by atoms with van der Waals surface area (Å²) < 4.78 is 83.5. The maximum Gasteiger partial charge on any atom is 0.421 e. The molecule has 1 aromatic heterocycles. The third-order valence-electron chi connectivity index (χ3n) is 4.11. The average molecular weight is 356 g/mol. The summed E-state index contributed by atoms with van der Waals surface area (Å²) in [5.41, 5.74) is -2.92. The van der Waals surface area contributed by atoms with Crippen molar-refractivity contribution in [3.8, 4) is 5.88 Å². The second-order valence-corrected chi connectivity index (χ2v) is 5.79. The van der Waals surface area contributed by atoms with Gasteiger partial charge in [-0.2, -0.15) is 13.2 Å². The Kier molecular flexibility index (Phi) is 5.95. The van der Waals surface area contributed by atoms with E-state index in [0.717, 1.165) is 18.3 Å². The van der Waals surface area contributed by atoms with Crippen molar-refractivity contribution in [1.82, 2.24) is 9.88 Å². The molecule has 0 saturated carbocycles. The topological polar surface area (TPSA) is 25.4 Å². The minimum atomic E-state index is -4.65. The largest absolute Gasteiger partial charge is 0.474 e. The van der Waals surface area contributed by atoms with E-state index in [4.69, 9.17) is 4.74 Å². The summed E-state index contributed by atoms with van der Waals surface area (Å²) in [6, 6.07) is 1.03. The predicted octanol–water partition coefficient (Wildman–Crippen LogP) is 3.59. The SMILES string of the molecule is FCC(CF)N1CCC(F)(COc2ncccc2C(F)(F)F)CC1. The number of halogens is 6. The van der Waals surface area contributed by atoms with E-state index in [1.807, 2.05) is 0 Å². The summed E-state index contributed by atoms with van der Waals surface area (Å²) in [5.74, 6) is -0.671. The van der Waals surface area contributed by atoms with Crippen LogP contribution in [0.3, 0.4) is 0 Å². The molecular weight excluding hydrogens is 338 g/mol. The number of ether oxygens (including phenoxy) is 1. The fourth-order valence-corrected chi connectivity index (χ4v) is 2.59. The zero-order valence-corrected chi connectivity index (χ0v) is 12.8. The van der Waals surface area contributed by atoms with Gasteiger partial charge in [0.2, 0.25) is 5.88 Å². The first-order chi connectivity index (χ1) is 11.3. The van der Waals surface area contributed by atoms with Crippen LogP contribution >= 0.6 is 0 Å². The molecule has 3 nitrogen and oxygen atoms in total. The van der Waals surface area contributed by atoms with Crippen LogP contribution in [-0.2, 0) is 6.18 Å². The third-order valence-corrected chi connectivity index (χ3v) is 4.11. The van der Waals surface area contributed by atoms with Gasteiger partial charge >= 0.3 is 6.18 Å². The van der Waals surface area contributed by atoms with E-state index >= 15 is 0 Å². The summed E-state index contributed by atoms with van der Waals surface area (Å²) in [6.45, 7) is -2.08. The first-order valence-corrected chi connectivity index (χ1v) is 7.49. The Morgan fingerprint density at radius 2 is 1.83 bits per heavy atom. The molecule has 2 rings (SSSR count). The molecule has 0 spiro atoms. The number of nitrogens with zero attached hydrogens (tertiary/aromatic N) is 2. The molecule has 24 heavy (non-hydrogen) atoms. The summed E-state index contributed by atoms with van der Waals surface area (Å²) in [4.78, 5) is 5.01. The zero-order chi connectivity index (χ0) is 17.8. The number of hydrogen-bond acceptors (Lipinski definition) is 3. The monoisotopic (exact) mass is 356 g/mol. The van der Waals surface area contributed by atoms with Crippen LogP contribution in [0.15, 0.2) is 18.3 Å². The Morgan fingerprint density at radius 3 is 2.38 bits per heavy atom. The maximum absolute atomic E-state index is 14.7. The molecule has 0 unspecified atom stereocenters. The molecule has 0 aromatic carbocycles. The van der Waals surface area contributed by atoms with Crippen LogP contribution in [0.4, 0.5) is 26.3 Å². The highest BCUT2D eigenvalue weighted by Crippen LogP contribution is 2.36. The summed E-state index contributed by atoms with van der Waals surface area (Å²) in [5, 5.41) is 0. The molecule has 0 aliphatic carbocycles. The van der Waals surface area contributed by atoms with Crippen LogP contribution in [0.5, 0.6) is 5.88 Å². The van der Waals surface area contributed by atoms with Crippen molar-refractivity contribution < 1.29 is 31.1 Å². The maximum atomic E-state index is 14.7. The van der Waals surface area contributed by atoms with Gasteiger partial charge in [0, 0.05) is 19.3 Å². The standard InChI is InChI=1S/C15H18F6N2O/c16-8-11(9-17)23-6-3-14(18,4-7-23)10-24-13-12(15(19,20)21)2-1-5-22-13/h1-2,5,11H,3-4,6-10H2. The van der Waals surface area contributed by atoms with Gasteiger partial charge < -0.3 is 4.74 Å². The van der Waals surface area contributed by atoms with Crippen LogP contribution in [0.1, 0.15) is 18.4 Å². The van der Waals surface area contributed by atoms with Gasteiger partial charge in [0.05, 0.1) is 6.04 Å². The lowest BCUT2D eigenvalue weighted by Crippen LogP contribution is -2.50. The van der Waals surface area contributed by atoms with Gasteiger partial charge in [-0.1, -0.05) is 0 Å². The molecule has 9 heteroatoms. The van der Waals surface area contributed by atoms with Crippen LogP contribution in [0.25, 0.3) is 0 Å². The second kappa shape index (κ2) is 7.58. The number of pyridine rings is 1. The van der Waals surface area contributed by atoms with E-state index in [9.17, 15) is 26.3 Å². The first-order valence-electron chi connectivity index (χ1n) is 7.49. The summed E-state index contributed by atoms with van der Waals surface area (Å²) in [7, 11) is 0. The fourth-order valence-electron chi connectivity index (χ4n) is 2.59. The summed E-state index contributed by atoms with van der Waals surface area (Å²) >= 11 is 0. The van der Waals surface area contributed by atoms with Crippen molar-refractivity contribution >= 4 is 0 Å². The molecule has 0 bridgehead atoms. The Balaban J connectivity index is 1.96. The van der Waals surface area contributed by atoms with Gasteiger partial charge in [-0.3, -0.25) is 4.90 Å². The number of likely N-dealkylation sites (tertiary alicyclic amines) is 1. The molecule has 1 aliphatic rings. The lowest BCUT2D eigenvalue weighted by molar-refractivity contribution is -0.139. The van der Waals surface area contributed by atoms with Crippen LogP contribution in [0.2, 0.25) is 0 Å². The molecular formula is C15H18F6N2O. The lowest BCUT2D eigenvalue weighted by Gasteiger charge is -2.38. The van der Waals surface area contributed by atoms with E-state index in [1.54, 1.807) is 0 Å². The second-order valence-electron chi connectivity index (χ2n) is 5.79. The Labute approximate surface area is 135 Å². The van der Waals surface area contributed by atoms with Gasteiger partial charge in [0.1, 0.15) is 31.2 Å². The van der Waals surface area contributed by atoms with Crippen LogP contribution in [-0.4, -0.2) is 54.6 Å². The fraction of sp³-hybridized carbons (Fsp3) is 0.667. The van der Waals surface area contributed by atoms with Gasteiger partial charge in [-0.15, -0.1) is 0 Å². The molecule has 0 amide bonds. The van der Waals surface area contributed by atoms with Crippen LogP contribution < -0.4 is 4.74 Å². The minimum absolute atomic E-state index is 0.0717. The quantitative estimate of drug-likeness (QED) is 0.729.